The van der Waals surface area contributed by atoms with Crippen LogP contribution in [-0.4, -0.2) is 50.5 Å². The molecule has 1 N–H and O–H groups in total. The molecular weight excluding hydrogens is 389 g/mol. The summed E-state index contributed by atoms with van der Waals surface area (Å²) in [5.74, 6) is 0.361. The first kappa shape index (κ1) is 20.4. The number of aliphatic hydroxyl groups excluding tert-OH is 1. The molecule has 0 saturated carbocycles. The van der Waals surface area contributed by atoms with E-state index in [1.807, 2.05) is 7.05 Å². The first-order valence-electron chi connectivity index (χ1n) is 9.78. The van der Waals surface area contributed by atoms with E-state index in [4.69, 9.17) is 13.9 Å². The van der Waals surface area contributed by atoms with Crippen LogP contribution >= 0.6 is 0 Å². The summed E-state index contributed by atoms with van der Waals surface area (Å²) >= 11 is 0. The Labute approximate surface area is 173 Å². The molecule has 2 heterocycles. The van der Waals surface area contributed by atoms with Crippen molar-refractivity contribution < 1.29 is 23.4 Å². The van der Waals surface area contributed by atoms with Gasteiger partial charge in [-0.05, 0) is 32.1 Å². The molecule has 2 atom stereocenters. The van der Waals surface area contributed by atoms with Crippen LogP contribution in [0.25, 0.3) is 22.3 Å². The highest BCUT2D eigenvalue weighted by atomic mass is 19.1. The summed E-state index contributed by atoms with van der Waals surface area (Å²) in [6, 6.07) is 8.95. The Morgan fingerprint density at radius 3 is 2.60 bits per heavy atom. The average Bonchev–Trinajstić information content (AvgIpc) is 3.12. The minimum absolute atomic E-state index is 0.0465. The first-order valence-corrected chi connectivity index (χ1v) is 9.78. The summed E-state index contributed by atoms with van der Waals surface area (Å²) in [4.78, 5) is 15.2. The molecule has 1 aromatic heterocycles. The van der Waals surface area contributed by atoms with Crippen LogP contribution in [0.4, 0.5) is 4.39 Å². The number of rotatable bonds is 5. The van der Waals surface area contributed by atoms with Crippen molar-refractivity contribution in [2.45, 2.75) is 18.4 Å². The van der Waals surface area contributed by atoms with E-state index < -0.39 is 5.82 Å². The molecule has 158 valence electrons. The van der Waals surface area contributed by atoms with Gasteiger partial charge in [0.05, 0.1) is 26.4 Å². The van der Waals surface area contributed by atoms with Crippen LogP contribution in [0.2, 0.25) is 0 Å². The fourth-order valence-electron chi connectivity index (χ4n) is 4.38. The molecule has 1 saturated heterocycles. The highest BCUT2D eigenvalue weighted by molar-refractivity contribution is 5.90. The number of ether oxygens (including phenoxy) is 2. The number of methoxy groups -OCH3 is 2. The monoisotopic (exact) mass is 413 g/mol. The lowest BCUT2D eigenvalue weighted by Gasteiger charge is -2.25. The summed E-state index contributed by atoms with van der Waals surface area (Å²) in [5, 5.41) is 10.3. The first-order chi connectivity index (χ1) is 14.5. The Morgan fingerprint density at radius 2 is 1.93 bits per heavy atom. The lowest BCUT2D eigenvalue weighted by atomic mass is 9.89. The minimum Gasteiger partial charge on any atom is -0.496 e. The maximum atomic E-state index is 14.4. The van der Waals surface area contributed by atoms with Crippen molar-refractivity contribution in [1.82, 2.24) is 4.90 Å². The third kappa shape index (κ3) is 3.24. The Kier molecular flexibility index (Phi) is 5.49. The summed E-state index contributed by atoms with van der Waals surface area (Å²) in [6.45, 7) is 0.735. The number of nitrogens with zero attached hydrogens (tertiary/aromatic N) is 1. The fraction of sp³-hybridized carbons (Fsp3) is 0.348. The largest absolute Gasteiger partial charge is 0.496 e. The molecule has 0 spiro atoms. The van der Waals surface area contributed by atoms with Gasteiger partial charge < -0.3 is 23.9 Å². The van der Waals surface area contributed by atoms with E-state index >= 15 is 0 Å². The summed E-state index contributed by atoms with van der Waals surface area (Å²) < 4.78 is 31.6. The van der Waals surface area contributed by atoms with Gasteiger partial charge in [0.1, 0.15) is 34.0 Å². The molecule has 3 aromatic rings. The van der Waals surface area contributed by atoms with Crippen LogP contribution in [0.5, 0.6) is 11.5 Å². The highest BCUT2D eigenvalue weighted by Gasteiger charge is 2.37. The van der Waals surface area contributed by atoms with Crippen LogP contribution in [0.15, 0.2) is 45.6 Å². The number of fused-ring (bicyclic) bond motifs is 1. The zero-order valence-electron chi connectivity index (χ0n) is 17.1. The van der Waals surface area contributed by atoms with E-state index in [0.717, 1.165) is 13.0 Å². The predicted molar refractivity (Wildman–Crippen MR) is 112 cm³/mol. The second-order valence-electron chi connectivity index (χ2n) is 7.48. The van der Waals surface area contributed by atoms with Gasteiger partial charge in [0.25, 0.3) is 0 Å². The molecule has 0 radical (unpaired) electrons. The second-order valence-corrected chi connectivity index (χ2v) is 7.48. The number of halogens is 1. The molecular formula is C23H24FNO5. The summed E-state index contributed by atoms with van der Waals surface area (Å²) in [6.07, 6.45) is 0.757. The van der Waals surface area contributed by atoms with Gasteiger partial charge in [0.15, 0.2) is 5.43 Å². The van der Waals surface area contributed by atoms with Crippen molar-refractivity contribution in [2.24, 2.45) is 0 Å². The quantitative estimate of drug-likeness (QED) is 0.691. The van der Waals surface area contributed by atoms with Crippen LogP contribution in [0.1, 0.15) is 17.9 Å². The van der Waals surface area contributed by atoms with Gasteiger partial charge in [0.2, 0.25) is 0 Å². The normalized spacial score (nSPS) is 19.4. The molecule has 0 unspecified atom stereocenters. The molecule has 1 aliphatic heterocycles. The SMILES string of the molecule is COc1cc(OC)c2c(=O)cc(-c3ccccc3F)oc2c1[C@@H]1CCN(C)[C@H]1CO. The predicted octanol–water partition coefficient (Wildman–Crippen LogP) is 3.40. The van der Waals surface area contributed by atoms with Gasteiger partial charge in [0, 0.05) is 29.7 Å². The Hall–Kier alpha value is -2.90. The van der Waals surface area contributed by atoms with Gasteiger partial charge in [-0.1, -0.05) is 12.1 Å². The van der Waals surface area contributed by atoms with Gasteiger partial charge in [-0.3, -0.25) is 4.79 Å². The number of aliphatic hydroxyl groups is 1. The van der Waals surface area contributed by atoms with Crippen molar-refractivity contribution >= 4 is 11.0 Å². The maximum Gasteiger partial charge on any atom is 0.197 e. The standard InChI is InChI=1S/C23H24FNO5/c1-25-9-8-14(16(25)12-26)21-19(28-2)11-20(29-3)22-17(27)10-18(30-23(21)22)13-6-4-5-7-15(13)24/h4-7,10-11,14,16,26H,8-9,12H2,1-3H3/t14-,16+/m1/s1. The lowest BCUT2D eigenvalue weighted by molar-refractivity contribution is 0.171. The number of hydrogen-bond donors (Lipinski definition) is 1. The van der Waals surface area contributed by atoms with Crippen molar-refractivity contribution in [3.05, 3.63) is 58.0 Å². The highest BCUT2D eigenvalue weighted by Crippen LogP contribution is 2.45. The van der Waals surface area contributed by atoms with Crippen molar-refractivity contribution in [3.8, 4) is 22.8 Å². The van der Waals surface area contributed by atoms with Crippen molar-refractivity contribution in [1.29, 1.82) is 0 Å². The topological polar surface area (TPSA) is 72.1 Å². The zero-order valence-corrected chi connectivity index (χ0v) is 17.1. The van der Waals surface area contributed by atoms with E-state index in [0.29, 0.717) is 22.6 Å². The lowest BCUT2D eigenvalue weighted by Crippen LogP contribution is -2.32. The van der Waals surface area contributed by atoms with E-state index in [9.17, 15) is 14.3 Å². The number of likely N-dealkylation sites (tertiary alicyclic amines) is 1. The molecule has 1 aliphatic rings. The number of hydrogen-bond acceptors (Lipinski definition) is 6. The molecule has 7 heteroatoms. The second kappa shape index (κ2) is 8.08. The van der Waals surface area contributed by atoms with Crippen molar-refractivity contribution in [2.75, 3.05) is 34.4 Å². The van der Waals surface area contributed by atoms with Crippen molar-refractivity contribution in [3.63, 3.8) is 0 Å². The smallest absolute Gasteiger partial charge is 0.197 e. The molecule has 30 heavy (non-hydrogen) atoms. The maximum absolute atomic E-state index is 14.4. The molecule has 0 amide bonds. The van der Waals surface area contributed by atoms with Gasteiger partial charge in [-0.15, -0.1) is 0 Å². The van der Waals surface area contributed by atoms with Gasteiger partial charge in [-0.25, -0.2) is 4.39 Å². The van der Waals surface area contributed by atoms with Gasteiger partial charge >= 0.3 is 0 Å². The van der Waals surface area contributed by atoms with E-state index in [1.54, 1.807) is 24.3 Å². The molecule has 1 fully saturated rings. The Bertz CT molecular complexity index is 1140. The van der Waals surface area contributed by atoms with Gasteiger partial charge in [-0.2, -0.15) is 0 Å². The number of likely N-dealkylation sites (N-methyl/N-ethyl adjacent to an activating group) is 1. The van der Waals surface area contributed by atoms with E-state index in [2.05, 4.69) is 4.90 Å². The van der Waals surface area contributed by atoms with E-state index in [-0.39, 0.29) is 40.7 Å². The minimum atomic E-state index is -0.481. The summed E-state index contributed by atoms with van der Waals surface area (Å²) in [5.41, 5.74) is 0.858. The zero-order chi connectivity index (χ0) is 21.4. The van der Waals surface area contributed by atoms with Crippen LogP contribution < -0.4 is 14.9 Å². The third-order valence-corrected chi connectivity index (χ3v) is 5.93. The third-order valence-electron chi connectivity index (χ3n) is 5.93. The number of benzene rings is 2. The molecule has 4 rings (SSSR count). The average molecular weight is 413 g/mol. The molecule has 2 aromatic carbocycles. The Balaban J connectivity index is 2.07. The fourth-order valence-corrected chi connectivity index (χ4v) is 4.38. The Morgan fingerprint density at radius 1 is 1.20 bits per heavy atom. The summed E-state index contributed by atoms with van der Waals surface area (Å²) in [7, 11) is 4.95. The molecule has 0 bridgehead atoms. The molecule has 6 nitrogen and oxygen atoms in total. The van der Waals surface area contributed by atoms with Crippen LogP contribution in [0, 0.1) is 5.82 Å². The van der Waals surface area contributed by atoms with E-state index in [1.165, 1.54) is 26.4 Å². The van der Waals surface area contributed by atoms with Crippen LogP contribution in [0.3, 0.4) is 0 Å². The van der Waals surface area contributed by atoms with Crippen LogP contribution in [-0.2, 0) is 0 Å². The molecule has 0 aliphatic carbocycles.